The van der Waals surface area contributed by atoms with Crippen LogP contribution in [0.25, 0.3) is 0 Å². The van der Waals surface area contributed by atoms with Gasteiger partial charge in [-0.15, -0.1) is 0 Å². The molecule has 0 aliphatic carbocycles. The van der Waals surface area contributed by atoms with Gasteiger partial charge in [0.05, 0.1) is 11.6 Å². The van der Waals surface area contributed by atoms with Crippen molar-refractivity contribution in [2.24, 2.45) is 0 Å². The van der Waals surface area contributed by atoms with Gasteiger partial charge in [-0.05, 0) is 42.6 Å². The van der Waals surface area contributed by atoms with E-state index < -0.39 is 5.97 Å². The standard InChI is InChI=1S/C14H16N2O3/c17-13(12-2-1-5-15-12)16-7-10-4-3-9(14(18)19)6-11(10)8-16/h3-4,6,12,15H,1-2,5,7-8H2,(H,18,19). The van der Waals surface area contributed by atoms with E-state index in [-0.39, 0.29) is 17.5 Å². The van der Waals surface area contributed by atoms with Crippen molar-refractivity contribution < 1.29 is 14.7 Å². The number of aromatic carboxylic acids is 1. The topological polar surface area (TPSA) is 69.6 Å². The molecule has 1 fully saturated rings. The van der Waals surface area contributed by atoms with E-state index in [4.69, 9.17) is 5.11 Å². The minimum atomic E-state index is -0.926. The third kappa shape index (κ3) is 2.21. The Morgan fingerprint density at radius 2 is 2.05 bits per heavy atom. The number of rotatable bonds is 2. The fourth-order valence-corrected chi connectivity index (χ4v) is 2.80. The van der Waals surface area contributed by atoms with Gasteiger partial charge in [0.1, 0.15) is 0 Å². The first-order valence-electron chi connectivity index (χ1n) is 6.52. The normalized spacial score (nSPS) is 21.5. The molecule has 1 atom stereocenters. The molecular formula is C14H16N2O3. The third-order valence-corrected chi connectivity index (χ3v) is 3.85. The van der Waals surface area contributed by atoms with E-state index in [0.717, 1.165) is 30.5 Å². The Morgan fingerprint density at radius 3 is 2.74 bits per heavy atom. The molecule has 100 valence electrons. The minimum Gasteiger partial charge on any atom is -0.478 e. The van der Waals surface area contributed by atoms with Gasteiger partial charge in [-0.2, -0.15) is 0 Å². The van der Waals surface area contributed by atoms with Crippen LogP contribution in [0.5, 0.6) is 0 Å². The van der Waals surface area contributed by atoms with Crippen molar-refractivity contribution in [2.45, 2.75) is 32.0 Å². The summed E-state index contributed by atoms with van der Waals surface area (Å²) < 4.78 is 0. The zero-order chi connectivity index (χ0) is 13.4. The van der Waals surface area contributed by atoms with Gasteiger partial charge in [-0.25, -0.2) is 4.79 Å². The maximum atomic E-state index is 12.3. The van der Waals surface area contributed by atoms with Crippen LogP contribution in [0, 0.1) is 0 Å². The highest BCUT2D eigenvalue weighted by Gasteiger charge is 2.30. The summed E-state index contributed by atoms with van der Waals surface area (Å²) in [6.07, 6.45) is 1.94. The van der Waals surface area contributed by atoms with Crippen molar-refractivity contribution >= 4 is 11.9 Å². The monoisotopic (exact) mass is 260 g/mol. The second kappa shape index (κ2) is 4.66. The summed E-state index contributed by atoms with van der Waals surface area (Å²) in [5.41, 5.74) is 2.29. The number of benzene rings is 1. The van der Waals surface area contributed by atoms with Crippen LogP contribution in [0.4, 0.5) is 0 Å². The molecule has 1 aromatic rings. The van der Waals surface area contributed by atoms with E-state index in [1.807, 2.05) is 6.07 Å². The SMILES string of the molecule is O=C(O)c1ccc2c(c1)CN(C(=O)C1CCCN1)C2. The van der Waals surface area contributed by atoms with Gasteiger partial charge in [0.25, 0.3) is 0 Å². The summed E-state index contributed by atoms with van der Waals surface area (Å²) in [5.74, 6) is -0.796. The quantitative estimate of drug-likeness (QED) is 0.831. The Kier molecular flexibility index (Phi) is 2.98. The molecule has 3 rings (SSSR count). The Balaban J connectivity index is 1.76. The van der Waals surface area contributed by atoms with Crippen LogP contribution < -0.4 is 5.32 Å². The molecule has 2 N–H and O–H groups in total. The number of carboxylic acids is 1. The number of carbonyl (C=O) groups excluding carboxylic acids is 1. The third-order valence-electron chi connectivity index (χ3n) is 3.85. The summed E-state index contributed by atoms with van der Waals surface area (Å²) in [4.78, 5) is 25.0. The number of nitrogens with zero attached hydrogens (tertiary/aromatic N) is 1. The molecular weight excluding hydrogens is 244 g/mol. The Bertz CT molecular complexity index is 535. The Labute approximate surface area is 111 Å². The van der Waals surface area contributed by atoms with E-state index in [1.165, 1.54) is 0 Å². The van der Waals surface area contributed by atoms with Crippen LogP contribution in [-0.2, 0) is 17.9 Å². The smallest absolute Gasteiger partial charge is 0.335 e. The molecule has 19 heavy (non-hydrogen) atoms. The van der Waals surface area contributed by atoms with E-state index >= 15 is 0 Å². The number of fused-ring (bicyclic) bond motifs is 1. The maximum Gasteiger partial charge on any atom is 0.335 e. The minimum absolute atomic E-state index is 0.0618. The lowest BCUT2D eigenvalue weighted by atomic mass is 10.1. The van der Waals surface area contributed by atoms with Gasteiger partial charge in [0.2, 0.25) is 5.91 Å². The Hall–Kier alpha value is -1.88. The van der Waals surface area contributed by atoms with E-state index in [9.17, 15) is 9.59 Å². The highest BCUT2D eigenvalue weighted by Crippen LogP contribution is 2.25. The number of hydrogen-bond donors (Lipinski definition) is 2. The van der Waals surface area contributed by atoms with Gasteiger partial charge < -0.3 is 15.3 Å². The molecule has 1 saturated heterocycles. The Morgan fingerprint density at radius 1 is 1.26 bits per heavy atom. The average Bonchev–Trinajstić information content (AvgIpc) is 3.06. The number of amides is 1. The second-order valence-electron chi connectivity index (χ2n) is 5.13. The van der Waals surface area contributed by atoms with Crippen molar-refractivity contribution in [2.75, 3.05) is 6.54 Å². The molecule has 2 aliphatic rings. The van der Waals surface area contributed by atoms with Gasteiger partial charge in [-0.3, -0.25) is 4.79 Å². The zero-order valence-electron chi connectivity index (χ0n) is 10.6. The number of carboxylic acid groups (broad SMARTS) is 1. The van der Waals surface area contributed by atoms with Crippen molar-refractivity contribution in [3.63, 3.8) is 0 Å². The van der Waals surface area contributed by atoms with Crippen molar-refractivity contribution in [1.29, 1.82) is 0 Å². The number of carbonyl (C=O) groups is 2. The first-order valence-corrected chi connectivity index (χ1v) is 6.52. The summed E-state index contributed by atoms with van der Waals surface area (Å²) in [7, 11) is 0. The summed E-state index contributed by atoms with van der Waals surface area (Å²) in [6, 6.07) is 5.03. The van der Waals surface area contributed by atoms with E-state index in [2.05, 4.69) is 5.32 Å². The lowest BCUT2D eigenvalue weighted by molar-refractivity contribution is -0.133. The fourth-order valence-electron chi connectivity index (χ4n) is 2.80. The van der Waals surface area contributed by atoms with Crippen molar-refractivity contribution in [1.82, 2.24) is 10.2 Å². The van der Waals surface area contributed by atoms with Crippen molar-refractivity contribution in [3.05, 3.63) is 34.9 Å². The second-order valence-corrected chi connectivity index (χ2v) is 5.13. The molecule has 1 aromatic carbocycles. The molecule has 5 nitrogen and oxygen atoms in total. The molecule has 0 spiro atoms. The summed E-state index contributed by atoms with van der Waals surface area (Å²) >= 11 is 0. The van der Waals surface area contributed by atoms with E-state index in [1.54, 1.807) is 17.0 Å². The first kappa shape index (κ1) is 12.2. The maximum absolute atomic E-state index is 12.3. The first-order chi connectivity index (χ1) is 9.15. The van der Waals surface area contributed by atoms with Crippen molar-refractivity contribution in [3.8, 4) is 0 Å². The molecule has 2 heterocycles. The highest BCUT2D eigenvalue weighted by molar-refractivity contribution is 5.88. The summed E-state index contributed by atoms with van der Waals surface area (Å²) in [6.45, 7) is 2.01. The molecule has 5 heteroatoms. The van der Waals surface area contributed by atoms with Crippen LogP contribution in [0.3, 0.4) is 0 Å². The molecule has 0 aromatic heterocycles. The molecule has 1 unspecified atom stereocenters. The molecule has 0 saturated carbocycles. The number of nitrogens with one attached hydrogen (secondary N) is 1. The largest absolute Gasteiger partial charge is 0.478 e. The predicted molar refractivity (Wildman–Crippen MR) is 68.7 cm³/mol. The lowest BCUT2D eigenvalue weighted by Gasteiger charge is -2.19. The van der Waals surface area contributed by atoms with Gasteiger partial charge >= 0.3 is 5.97 Å². The van der Waals surface area contributed by atoms with Gasteiger partial charge in [-0.1, -0.05) is 6.07 Å². The fraction of sp³-hybridized carbons (Fsp3) is 0.429. The van der Waals surface area contributed by atoms with Crippen LogP contribution in [0.2, 0.25) is 0 Å². The lowest BCUT2D eigenvalue weighted by Crippen LogP contribution is -2.40. The average molecular weight is 260 g/mol. The van der Waals surface area contributed by atoms with Crippen LogP contribution in [0.1, 0.15) is 34.3 Å². The van der Waals surface area contributed by atoms with Gasteiger partial charge in [0.15, 0.2) is 0 Å². The molecule has 0 radical (unpaired) electrons. The molecule has 2 aliphatic heterocycles. The predicted octanol–water partition coefficient (Wildman–Crippen LogP) is 0.979. The molecule has 0 bridgehead atoms. The van der Waals surface area contributed by atoms with Crippen LogP contribution in [-0.4, -0.2) is 34.5 Å². The summed E-state index contributed by atoms with van der Waals surface area (Å²) in [5, 5.41) is 12.2. The van der Waals surface area contributed by atoms with Crippen LogP contribution in [0.15, 0.2) is 18.2 Å². The molecule has 1 amide bonds. The van der Waals surface area contributed by atoms with Crippen LogP contribution >= 0.6 is 0 Å². The van der Waals surface area contributed by atoms with E-state index in [0.29, 0.717) is 13.1 Å². The number of hydrogen-bond acceptors (Lipinski definition) is 3. The zero-order valence-corrected chi connectivity index (χ0v) is 10.6. The van der Waals surface area contributed by atoms with Gasteiger partial charge in [0, 0.05) is 13.1 Å². The highest BCUT2D eigenvalue weighted by atomic mass is 16.4.